The van der Waals surface area contributed by atoms with Crippen LogP contribution in [0.15, 0.2) is 0 Å². The zero-order valence-electron chi connectivity index (χ0n) is 2.84. The zero-order valence-corrected chi connectivity index (χ0v) is 4.55. The van der Waals surface area contributed by atoms with Gasteiger partial charge in [-0.1, -0.05) is 0 Å². The Bertz CT molecular complexity index is 55.5. The molecule has 0 saturated carbocycles. The van der Waals surface area contributed by atoms with Crippen LogP contribution in [0.3, 0.4) is 0 Å². The van der Waals surface area contributed by atoms with Gasteiger partial charge in [0.05, 0.1) is 0 Å². The summed E-state index contributed by atoms with van der Waals surface area (Å²) in [5.74, 6) is 0. The van der Waals surface area contributed by atoms with Crippen molar-refractivity contribution in [2.45, 2.75) is 0 Å². The molecule has 0 spiro atoms. The van der Waals surface area contributed by atoms with Gasteiger partial charge in [-0.25, -0.2) is 0 Å². The number of hydrogen-bond acceptors (Lipinski definition) is 2. The average Bonchev–Trinajstić information content (AvgIpc) is 1.35. The van der Waals surface area contributed by atoms with Crippen molar-refractivity contribution in [3.8, 4) is 0 Å². The molecule has 0 aromatic rings. The molecule has 0 aliphatic rings. The molecule has 0 aliphatic heterocycles. The van der Waals surface area contributed by atoms with Gasteiger partial charge in [-0.15, -0.1) is 0 Å². The molecule has 0 atom stereocenters. The summed E-state index contributed by atoms with van der Waals surface area (Å²) in [6.07, 6.45) is -1.06. The van der Waals surface area contributed by atoms with Gasteiger partial charge in [-0.2, -0.15) is 0 Å². The summed E-state index contributed by atoms with van der Waals surface area (Å²) < 4.78 is 6.77. The summed E-state index contributed by atoms with van der Waals surface area (Å²) in [5.41, 5.74) is 0. The van der Waals surface area contributed by atoms with E-state index in [9.17, 15) is 4.79 Å². The molecule has 1 amide bonds. The predicted molar refractivity (Wildman–Crippen MR) is 21.1 cm³/mol. The van der Waals surface area contributed by atoms with E-state index in [-0.39, 0.29) is 0 Å². The van der Waals surface area contributed by atoms with Crippen molar-refractivity contribution >= 4 is 21.5 Å². The maximum atomic E-state index is 9.42. The third-order valence-corrected chi connectivity index (χ3v) is 0.760. The Morgan fingerprint density at radius 1 is 2.00 bits per heavy atom. The second kappa shape index (κ2) is 2.96. The molecule has 4 N–H and O–H groups in total. The Labute approximate surface area is 41.3 Å². The molecule has 0 fully saturated rings. The van der Waals surface area contributed by atoms with Crippen LogP contribution < -0.4 is 9.08 Å². The van der Waals surface area contributed by atoms with Crippen LogP contribution in [-0.4, -0.2) is 26.6 Å². The summed E-state index contributed by atoms with van der Waals surface area (Å²) in [4.78, 5) is 9.42. The molecule has 0 heterocycles. The van der Waals surface area contributed by atoms with Crippen molar-refractivity contribution in [1.29, 1.82) is 0 Å². The van der Waals surface area contributed by atoms with Crippen LogP contribution in [0.2, 0.25) is 0 Å². The number of carboxylic acid groups (broad SMARTS) is 1. The molecule has 0 aliphatic carbocycles. The first-order chi connectivity index (χ1) is 2.77. The first-order valence-electron chi connectivity index (χ1n) is 1.12. The molecule has 6 heavy (non-hydrogen) atoms. The summed E-state index contributed by atoms with van der Waals surface area (Å²) in [5, 5.41) is 7.74. The van der Waals surface area contributed by atoms with E-state index in [0.717, 1.165) is 0 Å². The molecule has 0 aromatic heterocycles. The number of hydrogen-bond donors (Lipinski definition) is 3. The van der Waals surface area contributed by atoms with E-state index in [2.05, 4.69) is 0 Å². The molecule has 0 saturated heterocycles. The second-order valence-corrected chi connectivity index (χ2v) is 1.45. The molecule has 4 nitrogen and oxygen atoms in total. The average molecular weight is 155 g/mol. The van der Waals surface area contributed by atoms with Crippen molar-refractivity contribution in [1.82, 2.24) is 4.33 Å². The fourth-order valence-electron chi connectivity index (χ4n) is 0.0504. The molecule has 36 valence electrons. The third-order valence-electron chi connectivity index (χ3n) is 0.146. The van der Waals surface area contributed by atoms with Gasteiger partial charge in [0.2, 0.25) is 0 Å². The standard InChI is InChI=1S/CH4N2O2Se/c2-6-3-1(4)5/h3H,2H2,(H,4,5). The Morgan fingerprint density at radius 2 is 2.50 bits per heavy atom. The summed E-state index contributed by atoms with van der Waals surface area (Å²) in [6, 6.07) is 0. The molecule has 0 rings (SSSR count). The van der Waals surface area contributed by atoms with Crippen molar-refractivity contribution < 1.29 is 9.90 Å². The third kappa shape index (κ3) is 3.75. The van der Waals surface area contributed by atoms with Gasteiger partial charge in [-0.3, -0.25) is 0 Å². The van der Waals surface area contributed by atoms with Gasteiger partial charge < -0.3 is 0 Å². The van der Waals surface area contributed by atoms with E-state index in [1.165, 1.54) is 0 Å². The summed E-state index contributed by atoms with van der Waals surface area (Å²) >= 11 is -0.453. The summed E-state index contributed by atoms with van der Waals surface area (Å²) in [7, 11) is 0. The molecule has 0 bridgehead atoms. The first kappa shape index (κ1) is 5.75. The summed E-state index contributed by atoms with van der Waals surface area (Å²) in [6.45, 7) is 0. The molecular weight excluding hydrogens is 151 g/mol. The van der Waals surface area contributed by atoms with Crippen LogP contribution >= 0.6 is 0 Å². The Morgan fingerprint density at radius 3 is 2.50 bits per heavy atom. The van der Waals surface area contributed by atoms with Crippen molar-refractivity contribution in [2.24, 2.45) is 4.75 Å². The van der Waals surface area contributed by atoms with Crippen molar-refractivity contribution in [3.05, 3.63) is 0 Å². The monoisotopic (exact) mass is 156 g/mol. The van der Waals surface area contributed by atoms with Crippen LogP contribution in [0.4, 0.5) is 4.79 Å². The SMILES string of the molecule is N[Se]NC(=O)O. The van der Waals surface area contributed by atoms with Crippen LogP contribution in [-0.2, 0) is 0 Å². The molecule has 5 heteroatoms. The molecule has 0 aromatic carbocycles. The number of carbonyl (C=O) groups is 1. The van der Waals surface area contributed by atoms with Crippen LogP contribution in [0.1, 0.15) is 0 Å². The minimum absolute atomic E-state index is 0.453. The van der Waals surface area contributed by atoms with Crippen molar-refractivity contribution in [3.63, 3.8) is 0 Å². The number of nitrogens with two attached hydrogens (primary N) is 1. The van der Waals surface area contributed by atoms with Crippen LogP contribution in [0.5, 0.6) is 0 Å². The van der Waals surface area contributed by atoms with E-state index in [1.807, 2.05) is 4.33 Å². The van der Waals surface area contributed by atoms with E-state index >= 15 is 0 Å². The predicted octanol–water partition coefficient (Wildman–Crippen LogP) is -1.25. The fraction of sp³-hybridized carbons (Fsp3) is 0. The zero-order chi connectivity index (χ0) is 4.99. The van der Waals surface area contributed by atoms with Gasteiger partial charge in [0.15, 0.2) is 0 Å². The Balaban J connectivity index is 2.83. The van der Waals surface area contributed by atoms with E-state index < -0.39 is 21.5 Å². The molecule has 0 radical (unpaired) electrons. The van der Waals surface area contributed by atoms with Gasteiger partial charge in [0.1, 0.15) is 0 Å². The topological polar surface area (TPSA) is 75.3 Å². The molecule has 0 unspecified atom stereocenters. The normalized spacial score (nSPS) is 7.50. The van der Waals surface area contributed by atoms with Gasteiger partial charge in [-0.05, 0) is 0 Å². The Kier molecular flexibility index (Phi) is 2.84. The van der Waals surface area contributed by atoms with Gasteiger partial charge in [0.25, 0.3) is 0 Å². The number of amides is 1. The maximum absolute atomic E-state index is 9.42. The Hall–Kier alpha value is -0.251. The van der Waals surface area contributed by atoms with Gasteiger partial charge in [0, 0.05) is 0 Å². The van der Waals surface area contributed by atoms with Crippen LogP contribution in [0.25, 0.3) is 0 Å². The number of nitrogens with one attached hydrogen (secondary N) is 1. The quantitative estimate of drug-likeness (QED) is 0.414. The first-order valence-corrected chi connectivity index (χ1v) is 2.96. The molecular formula is CH4N2O2Se. The van der Waals surface area contributed by atoms with E-state index in [1.54, 1.807) is 0 Å². The fourth-order valence-corrected chi connectivity index (χ4v) is 0.262. The van der Waals surface area contributed by atoms with Crippen LogP contribution in [0, 0.1) is 0 Å². The van der Waals surface area contributed by atoms with Gasteiger partial charge >= 0.3 is 40.5 Å². The number of rotatable bonds is 1. The minimum atomic E-state index is -1.06. The van der Waals surface area contributed by atoms with E-state index in [0.29, 0.717) is 0 Å². The second-order valence-electron chi connectivity index (χ2n) is 0.525. The van der Waals surface area contributed by atoms with Crippen molar-refractivity contribution in [2.75, 3.05) is 0 Å². The van der Waals surface area contributed by atoms with E-state index in [4.69, 9.17) is 9.86 Å².